The van der Waals surface area contributed by atoms with Crippen molar-refractivity contribution >= 4 is 34.8 Å². The molecule has 0 saturated carbocycles. The number of esters is 1. The molecule has 0 unspecified atom stereocenters. The van der Waals surface area contributed by atoms with Gasteiger partial charge in [-0.15, -0.1) is 0 Å². The topological polar surface area (TPSA) is 113 Å². The highest BCUT2D eigenvalue weighted by Gasteiger charge is 2.22. The largest absolute Gasteiger partial charge is 0.465 e. The highest BCUT2D eigenvalue weighted by Crippen LogP contribution is 2.37. The number of anilines is 1. The van der Waals surface area contributed by atoms with Crippen LogP contribution >= 0.6 is 11.6 Å². The molecule has 0 radical (unpaired) electrons. The molecular formula is C21H17ClF2N6O4. The van der Waals surface area contributed by atoms with Crippen molar-refractivity contribution in [2.24, 2.45) is 0 Å². The van der Waals surface area contributed by atoms with Crippen LogP contribution in [0, 0.1) is 0 Å². The molecule has 10 nitrogen and oxygen atoms in total. The second kappa shape index (κ2) is 9.83. The molecule has 4 aromatic rings. The zero-order valence-electron chi connectivity index (χ0n) is 17.6. The summed E-state index contributed by atoms with van der Waals surface area (Å²) in [5.41, 5.74) is 0.736. The quantitative estimate of drug-likeness (QED) is 0.375. The number of amides is 1. The van der Waals surface area contributed by atoms with Crippen molar-refractivity contribution in [1.82, 2.24) is 24.4 Å². The van der Waals surface area contributed by atoms with Gasteiger partial charge in [-0.2, -0.15) is 19.0 Å². The molecule has 34 heavy (non-hydrogen) atoms. The molecule has 1 aromatic carbocycles. The molecule has 1 N–H and O–H groups in total. The molecule has 4 rings (SSSR count). The Labute approximate surface area is 196 Å². The second-order valence-electron chi connectivity index (χ2n) is 6.81. The fourth-order valence-corrected chi connectivity index (χ4v) is 3.37. The Hall–Kier alpha value is -4.06. The van der Waals surface area contributed by atoms with Crippen molar-refractivity contribution in [1.29, 1.82) is 0 Å². The van der Waals surface area contributed by atoms with Gasteiger partial charge < -0.3 is 14.8 Å². The van der Waals surface area contributed by atoms with Gasteiger partial charge in [0.1, 0.15) is 23.6 Å². The number of nitrogens with one attached hydrogen (secondary N) is 1. The van der Waals surface area contributed by atoms with E-state index in [0.717, 1.165) is 0 Å². The molecule has 0 saturated heterocycles. The predicted octanol–water partition coefficient (Wildman–Crippen LogP) is 3.66. The first-order chi connectivity index (χ1) is 16.4. The molecule has 1 amide bonds. The summed E-state index contributed by atoms with van der Waals surface area (Å²) >= 11 is 6.08. The van der Waals surface area contributed by atoms with Crippen molar-refractivity contribution in [2.45, 2.75) is 20.1 Å². The molecule has 3 aromatic heterocycles. The van der Waals surface area contributed by atoms with E-state index in [9.17, 15) is 18.4 Å². The van der Waals surface area contributed by atoms with Crippen LogP contribution in [0.5, 0.6) is 5.75 Å². The summed E-state index contributed by atoms with van der Waals surface area (Å²) in [6, 6.07) is 5.65. The van der Waals surface area contributed by atoms with Gasteiger partial charge in [-0.05, 0) is 31.2 Å². The first kappa shape index (κ1) is 23.1. The number of ether oxygens (including phenoxy) is 2. The van der Waals surface area contributed by atoms with E-state index in [1.807, 2.05) is 0 Å². The number of hydrogen-bond donors (Lipinski definition) is 1. The normalized spacial score (nSPS) is 11.1. The first-order valence-corrected chi connectivity index (χ1v) is 10.3. The van der Waals surface area contributed by atoms with Gasteiger partial charge in [0.25, 0.3) is 5.91 Å². The van der Waals surface area contributed by atoms with E-state index in [0.29, 0.717) is 5.65 Å². The van der Waals surface area contributed by atoms with Gasteiger partial charge in [0.05, 0.1) is 18.5 Å². The van der Waals surface area contributed by atoms with Gasteiger partial charge in [0.2, 0.25) is 0 Å². The van der Waals surface area contributed by atoms with Crippen LogP contribution in [0.4, 0.5) is 14.5 Å². The number of fused-ring (bicyclic) bond motifs is 1. The van der Waals surface area contributed by atoms with E-state index in [1.165, 1.54) is 46.0 Å². The summed E-state index contributed by atoms with van der Waals surface area (Å²) in [6.45, 7) is -1.56. The minimum Gasteiger partial charge on any atom is -0.465 e. The molecule has 0 aliphatic heterocycles. The van der Waals surface area contributed by atoms with Crippen LogP contribution in [0.1, 0.15) is 17.3 Å². The van der Waals surface area contributed by atoms with Crippen LogP contribution in [0.3, 0.4) is 0 Å². The Morgan fingerprint density at radius 2 is 2.12 bits per heavy atom. The van der Waals surface area contributed by atoms with Gasteiger partial charge in [-0.1, -0.05) is 11.6 Å². The van der Waals surface area contributed by atoms with Crippen molar-refractivity contribution in [3.63, 3.8) is 0 Å². The number of halogens is 3. The van der Waals surface area contributed by atoms with E-state index in [2.05, 4.69) is 25.2 Å². The van der Waals surface area contributed by atoms with Crippen LogP contribution in [0.15, 0.2) is 49.1 Å². The Kier molecular flexibility index (Phi) is 6.68. The summed E-state index contributed by atoms with van der Waals surface area (Å²) in [7, 11) is 0. The molecule has 176 valence electrons. The van der Waals surface area contributed by atoms with E-state index in [4.69, 9.17) is 16.3 Å². The van der Waals surface area contributed by atoms with Crippen molar-refractivity contribution in [2.75, 3.05) is 11.9 Å². The standard InChI is InChI=1S/C21H17ClF2N6O4/c1-2-33-17(31)11-29-10-15(27-20(32)14-9-26-30-7-3-6-25-19(14)30)18(28-29)13-8-12(22)4-5-16(13)34-21(23)24/h3-10,21H,2,11H2,1H3,(H,27,32). The molecule has 13 heteroatoms. The third-order valence-corrected chi connectivity index (χ3v) is 4.78. The number of carbonyl (C=O) groups excluding carboxylic acids is 2. The van der Waals surface area contributed by atoms with Crippen molar-refractivity contribution in [3.8, 4) is 17.0 Å². The number of benzene rings is 1. The third-order valence-electron chi connectivity index (χ3n) is 4.54. The van der Waals surface area contributed by atoms with Crippen LogP contribution < -0.4 is 10.1 Å². The number of carbonyl (C=O) groups is 2. The van der Waals surface area contributed by atoms with Gasteiger partial charge in [-0.25, -0.2) is 9.50 Å². The number of rotatable bonds is 8. The Balaban J connectivity index is 1.75. The highest BCUT2D eigenvalue weighted by atomic mass is 35.5. The summed E-state index contributed by atoms with van der Waals surface area (Å²) in [5, 5.41) is 11.3. The lowest BCUT2D eigenvalue weighted by Crippen LogP contribution is -2.14. The van der Waals surface area contributed by atoms with Crippen LogP contribution in [-0.4, -0.2) is 49.5 Å². The molecule has 3 heterocycles. The summed E-state index contributed by atoms with van der Waals surface area (Å²) in [6.07, 6.45) is 5.85. The van der Waals surface area contributed by atoms with E-state index >= 15 is 0 Å². The van der Waals surface area contributed by atoms with E-state index in [-0.39, 0.29) is 46.4 Å². The zero-order valence-corrected chi connectivity index (χ0v) is 18.4. The number of alkyl halides is 2. The average molecular weight is 491 g/mol. The van der Waals surface area contributed by atoms with Gasteiger partial charge in [0.15, 0.2) is 5.65 Å². The average Bonchev–Trinajstić information content (AvgIpc) is 3.39. The van der Waals surface area contributed by atoms with Crippen molar-refractivity contribution in [3.05, 3.63) is 59.6 Å². The predicted molar refractivity (Wildman–Crippen MR) is 117 cm³/mol. The fourth-order valence-electron chi connectivity index (χ4n) is 3.19. The molecule has 0 atom stereocenters. The zero-order chi connectivity index (χ0) is 24.2. The van der Waals surface area contributed by atoms with E-state index < -0.39 is 18.5 Å². The van der Waals surface area contributed by atoms with Crippen LogP contribution in [0.2, 0.25) is 5.02 Å². The Bertz CT molecular complexity index is 1360. The van der Waals surface area contributed by atoms with E-state index in [1.54, 1.807) is 19.2 Å². The second-order valence-corrected chi connectivity index (χ2v) is 7.25. The van der Waals surface area contributed by atoms with Crippen molar-refractivity contribution < 1.29 is 27.8 Å². The lowest BCUT2D eigenvalue weighted by atomic mass is 10.1. The summed E-state index contributed by atoms with van der Waals surface area (Å²) in [4.78, 5) is 29.1. The first-order valence-electron chi connectivity index (χ1n) is 9.93. The monoisotopic (exact) mass is 490 g/mol. The maximum absolute atomic E-state index is 13.0. The molecule has 0 fully saturated rings. The molecule has 0 aliphatic rings. The van der Waals surface area contributed by atoms with Gasteiger partial charge in [0, 0.05) is 29.2 Å². The minimum atomic E-state index is -3.11. The lowest BCUT2D eigenvalue weighted by Gasteiger charge is -2.11. The summed E-state index contributed by atoms with van der Waals surface area (Å²) < 4.78 is 38.2. The maximum Gasteiger partial charge on any atom is 0.387 e. The highest BCUT2D eigenvalue weighted by molar-refractivity contribution is 6.31. The number of hydrogen-bond acceptors (Lipinski definition) is 7. The number of aromatic nitrogens is 5. The lowest BCUT2D eigenvalue weighted by molar-refractivity contribution is -0.144. The van der Waals surface area contributed by atoms with Crippen LogP contribution in [-0.2, 0) is 16.1 Å². The SMILES string of the molecule is CCOC(=O)Cn1cc(NC(=O)c2cnn3cccnc23)c(-c2cc(Cl)ccc2OC(F)F)n1. The molecular weight excluding hydrogens is 474 g/mol. The molecule has 0 aliphatic carbocycles. The molecule has 0 spiro atoms. The Morgan fingerprint density at radius 3 is 2.88 bits per heavy atom. The minimum absolute atomic E-state index is 0.0558. The van der Waals surface area contributed by atoms with Crippen LogP contribution in [0.25, 0.3) is 16.9 Å². The van der Waals surface area contributed by atoms with Gasteiger partial charge >= 0.3 is 12.6 Å². The van der Waals surface area contributed by atoms with Gasteiger partial charge in [-0.3, -0.25) is 14.3 Å². The maximum atomic E-state index is 13.0. The fraction of sp³-hybridized carbons (Fsp3) is 0.190. The smallest absolute Gasteiger partial charge is 0.387 e. The Morgan fingerprint density at radius 1 is 1.29 bits per heavy atom. The summed E-state index contributed by atoms with van der Waals surface area (Å²) in [5.74, 6) is -1.37. The third kappa shape index (κ3) is 4.96. The molecule has 0 bridgehead atoms. The number of nitrogens with zero attached hydrogens (tertiary/aromatic N) is 5.